The summed E-state index contributed by atoms with van der Waals surface area (Å²) in [6.07, 6.45) is 0.659. The van der Waals surface area contributed by atoms with E-state index in [-0.39, 0.29) is 18.1 Å². The molecule has 0 radical (unpaired) electrons. The lowest BCUT2D eigenvalue weighted by molar-refractivity contribution is -0.120. The van der Waals surface area contributed by atoms with Crippen LogP contribution in [0.3, 0.4) is 0 Å². The molecule has 1 amide bonds. The van der Waals surface area contributed by atoms with Crippen molar-refractivity contribution >= 4 is 21.6 Å². The number of amides is 1. The SMILES string of the molecule is COc1ccc(CC(=O)NCCCS(=O)(=O)N2CCN(c3cccc(C)c3)CC2)cc1. The maximum absolute atomic E-state index is 12.7. The van der Waals surface area contributed by atoms with E-state index < -0.39 is 10.0 Å². The van der Waals surface area contributed by atoms with E-state index in [2.05, 4.69) is 35.3 Å². The minimum Gasteiger partial charge on any atom is -0.497 e. The van der Waals surface area contributed by atoms with Gasteiger partial charge in [-0.1, -0.05) is 24.3 Å². The number of nitrogens with zero attached hydrogens (tertiary/aromatic N) is 2. The zero-order valence-electron chi connectivity index (χ0n) is 18.2. The fourth-order valence-electron chi connectivity index (χ4n) is 3.65. The Hall–Kier alpha value is -2.58. The molecule has 0 aliphatic carbocycles. The lowest BCUT2D eigenvalue weighted by atomic mass is 10.1. The summed E-state index contributed by atoms with van der Waals surface area (Å²) in [7, 11) is -1.72. The van der Waals surface area contributed by atoms with E-state index in [1.165, 1.54) is 5.56 Å². The number of piperazine rings is 1. The zero-order valence-corrected chi connectivity index (χ0v) is 19.0. The molecule has 0 spiro atoms. The molecule has 1 aliphatic heterocycles. The molecule has 3 rings (SSSR count). The first-order valence-corrected chi connectivity index (χ1v) is 12.2. The highest BCUT2D eigenvalue weighted by atomic mass is 32.2. The first-order chi connectivity index (χ1) is 14.9. The van der Waals surface area contributed by atoms with Gasteiger partial charge in [0.25, 0.3) is 0 Å². The minimum atomic E-state index is -3.32. The molecule has 0 atom stereocenters. The van der Waals surface area contributed by atoms with Crippen molar-refractivity contribution in [3.05, 3.63) is 59.7 Å². The number of hydrogen-bond donors (Lipinski definition) is 1. The molecule has 2 aromatic carbocycles. The number of ether oxygens (including phenoxy) is 1. The Morgan fingerprint density at radius 2 is 1.77 bits per heavy atom. The van der Waals surface area contributed by atoms with Gasteiger partial charge in [-0.3, -0.25) is 4.79 Å². The second kappa shape index (κ2) is 10.6. The molecule has 0 aromatic heterocycles. The first-order valence-electron chi connectivity index (χ1n) is 10.6. The number of rotatable bonds is 9. The molecule has 2 aromatic rings. The second-order valence-electron chi connectivity index (χ2n) is 7.77. The average molecular weight is 446 g/mol. The third-order valence-corrected chi connectivity index (χ3v) is 7.38. The largest absolute Gasteiger partial charge is 0.497 e. The lowest BCUT2D eigenvalue weighted by Gasteiger charge is -2.35. The Morgan fingerprint density at radius 3 is 2.42 bits per heavy atom. The van der Waals surface area contributed by atoms with Gasteiger partial charge in [-0.05, 0) is 48.7 Å². The molecule has 31 heavy (non-hydrogen) atoms. The van der Waals surface area contributed by atoms with Crippen LogP contribution in [0.2, 0.25) is 0 Å². The third kappa shape index (κ3) is 6.70. The molecule has 0 saturated carbocycles. The fraction of sp³-hybridized carbons (Fsp3) is 0.435. The number of anilines is 1. The van der Waals surface area contributed by atoms with Gasteiger partial charge in [0.1, 0.15) is 5.75 Å². The highest BCUT2D eigenvalue weighted by molar-refractivity contribution is 7.89. The Labute approximate surface area is 185 Å². The minimum absolute atomic E-state index is 0.0419. The summed E-state index contributed by atoms with van der Waals surface area (Å²) in [4.78, 5) is 14.3. The molecule has 0 unspecified atom stereocenters. The number of carbonyl (C=O) groups excluding carboxylic acids is 1. The van der Waals surface area contributed by atoms with Gasteiger partial charge in [0.15, 0.2) is 0 Å². The van der Waals surface area contributed by atoms with Gasteiger partial charge in [0.2, 0.25) is 15.9 Å². The van der Waals surface area contributed by atoms with Crippen molar-refractivity contribution in [1.29, 1.82) is 0 Å². The molecule has 168 valence electrons. The smallest absolute Gasteiger partial charge is 0.224 e. The van der Waals surface area contributed by atoms with E-state index in [9.17, 15) is 13.2 Å². The predicted molar refractivity (Wildman–Crippen MR) is 123 cm³/mol. The van der Waals surface area contributed by atoms with Crippen LogP contribution in [-0.4, -0.2) is 64.2 Å². The summed E-state index contributed by atoms with van der Waals surface area (Å²) in [6, 6.07) is 15.6. The molecule has 1 aliphatic rings. The van der Waals surface area contributed by atoms with Gasteiger partial charge in [-0.2, -0.15) is 4.31 Å². The van der Waals surface area contributed by atoms with Gasteiger partial charge in [-0.15, -0.1) is 0 Å². The number of benzene rings is 2. The van der Waals surface area contributed by atoms with Crippen LogP contribution in [0, 0.1) is 6.92 Å². The van der Waals surface area contributed by atoms with E-state index in [0.717, 1.165) is 17.0 Å². The van der Waals surface area contributed by atoms with Crippen molar-refractivity contribution in [1.82, 2.24) is 9.62 Å². The van der Waals surface area contributed by atoms with Crippen LogP contribution in [0.4, 0.5) is 5.69 Å². The predicted octanol–water partition coefficient (Wildman–Crippen LogP) is 2.20. The van der Waals surface area contributed by atoms with Crippen LogP contribution in [0.15, 0.2) is 48.5 Å². The molecule has 1 saturated heterocycles. The number of sulfonamides is 1. The maximum atomic E-state index is 12.7. The molecule has 7 nitrogen and oxygen atoms in total. The average Bonchev–Trinajstić information content (AvgIpc) is 2.77. The first kappa shape index (κ1) is 23.1. The fourth-order valence-corrected chi connectivity index (χ4v) is 5.14. The molecule has 1 heterocycles. The molecule has 1 fully saturated rings. The van der Waals surface area contributed by atoms with E-state index in [4.69, 9.17) is 4.74 Å². The number of nitrogens with one attached hydrogen (secondary N) is 1. The van der Waals surface area contributed by atoms with Gasteiger partial charge < -0.3 is 15.0 Å². The van der Waals surface area contributed by atoms with E-state index >= 15 is 0 Å². The molecule has 8 heteroatoms. The summed E-state index contributed by atoms with van der Waals surface area (Å²) >= 11 is 0. The molecular formula is C23H31N3O4S. The van der Waals surface area contributed by atoms with Crippen molar-refractivity contribution in [3.8, 4) is 5.75 Å². The van der Waals surface area contributed by atoms with Gasteiger partial charge >= 0.3 is 0 Å². The highest BCUT2D eigenvalue weighted by Gasteiger charge is 2.26. The van der Waals surface area contributed by atoms with Crippen molar-refractivity contribution in [3.63, 3.8) is 0 Å². The summed E-state index contributed by atoms with van der Waals surface area (Å²) in [5.41, 5.74) is 3.22. The van der Waals surface area contributed by atoms with Crippen LogP contribution in [0.5, 0.6) is 5.75 Å². The lowest BCUT2D eigenvalue weighted by Crippen LogP contribution is -2.49. The highest BCUT2D eigenvalue weighted by Crippen LogP contribution is 2.19. The van der Waals surface area contributed by atoms with Crippen LogP contribution >= 0.6 is 0 Å². The Morgan fingerprint density at radius 1 is 1.06 bits per heavy atom. The van der Waals surface area contributed by atoms with Gasteiger partial charge in [-0.25, -0.2) is 8.42 Å². The molecular weight excluding hydrogens is 414 g/mol. The normalized spacial score (nSPS) is 15.0. The van der Waals surface area contributed by atoms with Crippen LogP contribution in [-0.2, 0) is 21.2 Å². The van der Waals surface area contributed by atoms with E-state index in [0.29, 0.717) is 39.1 Å². The topological polar surface area (TPSA) is 78.9 Å². The summed E-state index contributed by atoms with van der Waals surface area (Å²) in [5.74, 6) is 0.670. The van der Waals surface area contributed by atoms with Crippen molar-refractivity contribution in [2.75, 3.05) is 50.5 Å². The monoisotopic (exact) mass is 445 g/mol. The van der Waals surface area contributed by atoms with Crippen molar-refractivity contribution in [2.45, 2.75) is 19.8 Å². The zero-order chi connectivity index (χ0) is 22.3. The van der Waals surface area contributed by atoms with Gasteiger partial charge in [0, 0.05) is 38.4 Å². The Balaban J connectivity index is 1.38. The summed E-state index contributed by atoms with van der Waals surface area (Å²) < 4.78 is 32.0. The number of carbonyl (C=O) groups is 1. The standard InChI is InChI=1S/C23H31N3O4S/c1-19-5-3-6-21(17-19)25-12-14-26(15-13-25)31(28,29)16-4-11-24-23(27)18-20-7-9-22(30-2)10-8-20/h3,5-10,17H,4,11-16,18H2,1-2H3,(H,24,27). The van der Waals surface area contributed by atoms with Crippen LogP contribution < -0.4 is 15.0 Å². The van der Waals surface area contributed by atoms with Gasteiger partial charge in [0.05, 0.1) is 19.3 Å². The Bertz CT molecular complexity index is 969. The quantitative estimate of drug-likeness (QED) is 0.599. The number of methoxy groups -OCH3 is 1. The maximum Gasteiger partial charge on any atom is 0.224 e. The van der Waals surface area contributed by atoms with Crippen molar-refractivity contribution < 1.29 is 17.9 Å². The molecule has 1 N–H and O–H groups in total. The summed E-state index contributed by atoms with van der Waals surface area (Å²) in [6.45, 7) is 4.74. The van der Waals surface area contributed by atoms with E-state index in [1.807, 2.05) is 30.3 Å². The number of hydrogen-bond acceptors (Lipinski definition) is 5. The number of aryl methyl sites for hydroxylation is 1. The van der Waals surface area contributed by atoms with Crippen molar-refractivity contribution in [2.24, 2.45) is 0 Å². The Kier molecular flexibility index (Phi) is 7.92. The summed E-state index contributed by atoms with van der Waals surface area (Å²) in [5, 5.41) is 2.81. The third-order valence-electron chi connectivity index (χ3n) is 5.42. The van der Waals surface area contributed by atoms with Crippen LogP contribution in [0.1, 0.15) is 17.5 Å². The van der Waals surface area contributed by atoms with E-state index in [1.54, 1.807) is 11.4 Å². The molecule has 0 bridgehead atoms. The second-order valence-corrected chi connectivity index (χ2v) is 9.86. The van der Waals surface area contributed by atoms with Crippen LogP contribution in [0.25, 0.3) is 0 Å².